The highest BCUT2D eigenvalue weighted by molar-refractivity contribution is 5.77. The van der Waals surface area contributed by atoms with E-state index in [9.17, 15) is 4.79 Å². The lowest BCUT2D eigenvalue weighted by Crippen LogP contribution is -2.21. The summed E-state index contributed by atoms with van der Waals surface area (Å²) >= 11 is 0. The molecule has 0 aliphatic carbocycles. The maximum absolute atomic E-state index is 11.4. The molecule has 1 aromatic carbocycles. The second-order valence-corrected chi connectivity index (χ2v) is 4.72. The van der Waals surface area contributed by atoms with Gasteiger partial charge in [0.25, 0.3) is 0 Å². The first kappa shape index (κ1) is 12.0. The Morgan fingerprint density at radius 2 is 2.24 bits per heavy atom. The van der Waals surface area contributed by atoms with Crippen LogP contribution in [-0.4, -0.2) is 19.6 Å². The van der Waals surface area contributed by atoms with Gasteiger partial charge in [-0.15, -0.1) is 0 Å². The number of benzene rings is 1. The van der Waals surface area contributed by atoms with Gasteiger partial charge in [-0.05, 0) is 24.0 Å². The molecule has 1 atom stereocenters. The minimum atomic E-state index is -0.125. The zero-order valence-corrected chi connectivity index (χ0v) is 10.7. The number of fused-ring (bicyclic) bond motifs is 1. The predicted octanol–water partition coefficient (Wildman–Crippen LogP) is 2.95. The van der Waals surface area contributed by atoms with Gasteiger partial charge < -0.3 is 9.64 Å². The summed E-state index contributed by atoms with van der Waals surface area (Å²) in [5.41, 5.74) is 2.24. The Morgan fingerprint density at radius 1 is 1.47 bits per heavy atom. The second-order valence-electron chi connectivity index (χ2n) is 4.72. The van der Waals surface area contributed by atoms with Crippen molar-refractivity contribution in [1.29, 1.82) is 0 Å². The van der Waals surface area contributed by atoms with Crippen LogP contribution in [0, 0.1) is 0 Å². The molecule has 2 rings (SSSR count). The number of hydrogen-bond donors (Lipinski definition) is 0. The Bertz CT molecular complexity index is 428. The average Bonchev–Trinajstić information content (AvgIpc) is 2.28. The maximum Gasteiger partial charge on any atom is 0.311 e. The van der Waals surface area contributed by atoms with E-state index in [0.29, 0.717) is 6.42 Å². The minimum absolute atomic E-state index is 0.125. The molecule has 0 radical (unpaired) electrons. The van der Waals surface area contributed by atoms with Crippen LogP contribution in [0.25, 0.3) is 0 Å². The third-order valence-corrected chi connectivity index (χ3v) is 3.22. The number of anilines is 1. The molecule has 0 bridgehead atoms. The fraction of sp³-hybridized carbons (Fsp3) is 0.500. The molecule has 0 saturated carbocycles. The molecule has 1 aromatic rings. The summed E-state index contributed by atoms with van der Waals surface area (Å²) in [4.78, 5) is 13.6. The monoisotopic (exact) mass is 233 g/mol. The summed E-state index contributed by atoms with van der Waals surface area (Å²) in [5.74, 6) is 0.867. The van der Waals surface area contributed by atoms with E-state index in [-0.39, 0.29) is 11.9 Å². The lowest BCUT2D eigenvalue weighted by atomic mass is 9.94. The summed E-state index contributed by atoms with van der Waals surface area (Å²) in [6.45, 7) is 5.22. The number of rotatable bonds is 3. The molecule has 0 fully saturated rings. The van der Waals surface area contributed by atoms with Crippen molar-refractivity contribution in [2.45, 2.75) is 32.6 Å². The van der Waals surface area contributed by atoms with Crippen LogP contribution in [0.4, 0.5) is 5.69 Å². The van der Waals surface area contributed by atoms with Gasteiger partial charge in [0.1, 0.15) is 5.75 Å². The molecule has 3 heteroatoms. The zero-order valence-electron chi connectivity index (χ0n) is 10.7. The molecule has 0 saturated heterocycles. The quantitative estimate of drug-likeness (QED) is 0.594. The molecule has 1 aliphatic heterocycles. The van der Waals surface area contributed by atoms with Gasteiger partial charge in [-0.2, -0.15) is 0 Å². The SMILES string of the molecule is CCCN(C)c1ccc2c(c1)OC(=O)CC2C. The van der Waals surface area contributed by atoms with Gasteiger partial charge in [0.2, 0.25) is 0 Å². The molecule has 0 spiro atoms. The van der Waals surface area contributed by atoms with Gasteiger partial charge in [0.05, 0.1) is 6.42 Å². The standard InChI is InChI=1S/C14H19NO2/c1-4-7-15(3)11-5-6-12-10(2)8-14(16)17-13(12)9-11/h5-6,9-10H,4,7-8H2,1-3H3. The van der Waals surface area contributed by atoms with Crippen molar-refractivity contribution in [3.63, 3.8) is 0 Å². The van der Waals surface area contributed by atoms with Gasteiger partial charge in [-0.1, -0.05) is 19.9 Å². The first-order chi connectivity index (χ1) is 8.11. The first-order valence-electron chi connectivity index (χ1n) is 6.17. The lowest BCUT2D eigenvalue weighted by Gasteiger charge is -2.24. The highest BCUT2D eigenvalue weighted by atomic mass is 16.5. The summed E-state index contributed by atoms with van der Waals surface area (Å²) < 4.78 is 5.31. The van der Waals surface area contributed by atoms with E-state index in [1.54, 1.807) is 0 Å². The molecule has 17 heavy (non-hydrogen) atoms. The van der Waals surface area contributed by atoms with Crippen LogP contribution in [-0.2, 0) is 4.79 Å². The van der Waals surface area contributed by atoms with E-state index in [4.69, 9.17) is 4.74 Å². The second kappa shape index (κ2) is 4.78. The third kappa shape index (κ3) is 2.43. The molecule has 0 N–H and O–H groups in total. The van der Waals surface area contributed by atoms with Gasteiger partial charge >= 0.3 is 5.97 Å². The van der Waals surface area contributed by atoms with Crippen LogP contribution < -0.4 is 9.64 Å². The highest BCUT2D eigenvalue weighted by Crippen LogP contribution is 2.36. The molecular formula is C14H19NO2. The van der Waals surface area contributed by atoms with Crippen molar-refractivity contribution < 1.29 is 9.53 Å². The fourth-order valence-electron chi connectivity index (χ4n) is 2.24. The van der Waals surface area contributed by atoms with Crippen LogP contribution in [0.3, 0.4) is 0 Å². The number of carbonyl (C=O) groups is 1. The topological polar surface area (TPSA) is 29.5 Å². The Balaban J connectivity index is 2.30. The van der Waals surface area contributed by atoms with E-state index in [2.05, 4.69) is 37.9 Å². The Kier molecular flexibility index (Phi) is 3.36. The third-order valence-electron chi connectivity index (χ3n) is 3.22. The first-order valence-corrected chi connectivity index (χ1v) is 6.17. The summed E-state index contributed by atoms with van der Waals surface area (Å²) in [7, 11) is 2.05. The largest absolute Gasteiger partial charge is 0.426 e. The number of nitrogens with zero attached hydrogens (tertiary/aromatic N) is 1. The van der Waals surface area contributed by atoms with Crippen molar-refractivity contribution in [3.05, 3.63) is 23.8 Å². The van der Waals surface area contributed by atoms with Crippen molar-refractivity contribution in [1.82, 2.24) is 0 Å². The average molecular weight is 233 g/mol. The van der Waals surface area contributed by atoms with Crippen molar-refractivity contribution >= 4 is 11.7 Å². The van der Waals surface area contributed by atoms with E-state index in [1.807, 2.05) is 6.07 Å². The van der Waals surface area contributed by atoms with Crippen LogP contribution in [0.1, 0.15) is 38.2 Å². The van der Waals surface area contributed by atoms with E-state index < -0.39 is 0 Å². The van der Waals surface area contributed by atoms with Crippen LogP contribution in [0.15, 0.2) is 18.2 Å². The molecule has 92 valence electrons. The molecule has 3 nitrogen and oxygen atoms in total. The van der Waals surface area contributed by atoms with E-state index in [0.717, 1.165) is 30.0 Å². The molecule has 0 amide bonds. The van der Waals surface area contributed by atoms with Crippen LogP contribution >= 0.6 is 0 Å². The number of ether oxygens (including phenoxy) is 1. The minimum Gasteiger partial charge on any atom is -0.426 e. The summed E-state index contributed by atoms with van der Waals surface area (Å²) in [6.07, 6.45) is 1.58. The normalized spacial score (nSPS) is 18.5. The number of esters is 1. The Hall–Kier alpha value is -1.51. The fourth-order valence-corrected chi connectivity index (χ4v) is 2.24. The van der Waals surface area contributed by atoms with Gasteiger partial charge in [-0.25, -0.2) is 0 Å². The molecule has 1 heterocycles. The zero-order chi connectivity index (χ0) is 12.4. The van der Waals surface area contributed by atoms with Gasteiger partial charge in [0.15, 0.2) is 0 Å². The smallest absolute Gasteiger partial charge is 0.311 e. The maximum atomic E-state index is 11.4. The molecule has 1 unspecified atom stereocenters. The predicted molar refractivity (Wildman–Crippen MR) is 68.7 cm³/mol. The Labute approximate surface area is 102 Å². The highest BCUT2D eigenvalue weighted by Gasteiger charge is 2.24. The van der Waals surface area contributed by atoms with Crippen molar-refractivity contribution in [3.8, 4) is 5.75 Å². The van der Waals surface area contributed by atoms with Crippen LogP contribution in [0.5, 0.6) is 5.75 Å². The molecule has 1 aliphatic rings. The summed E-state index contributed by atoms with van der Waals surface area (Å²) in [5, 5.41) is 0. The van der Waals surface area contributed by atoms with Gasteiger partial charge in [-0.3, -0.25) is 4.79 Å². The lowest BCUT2D eigenvalue weighted by molar-refractivity contribution is -0.135. The van der Waals surface area contributed by atoms with Crippen LogP contribution in [0.2, 0.25) is 0 Å². The van der Waals surface area contributed by atoms with Gasteiger partial charge in [0, 0.05) is 25.3 Å². The number of carbonyl (C=O) groups excluding carboxylic acids is 1. The molecular weight excluding hydrogens is 214 g/mol. The molecule has 0 aromatic heterocycles. The van der Waals surface area contributed by atoms with Crippen molar-refractivity contribution in [2.24, 2.45) is 0 Å². The van der Waals surface area contributed by atoms with E-state index in [1.165, 1.54) is 0 Å². The number of hydrogen-bond acceptors (Lipinski definition) is 3. The van der Waals surface area contributed by atoms with E-state index >= 15 is 0 Å². The Morgan fingerprint density at radius 3 is 2.94 bits per heavy atom. The summed E-state index contributed by atoms with van der Waals surface area (Å²) in [6, 6.07) is 6.15. The van der Waals surface area contributed by atoms with Crippen molar-refractivity contribution in [2.75, 3.05) is 18.5 Å².